The third-order valence-electron chi connectivity index (χ3n) is 4.45. The highest BCUT2D eigenvalue weighted by Crippen LogP contribution is 2.39. The zero-order valence-electron chi connectivity index (χ0n) is 13.2. The number of halogens is 1. The molecule has 0 aliphatic carbocycles. The number of carbonyl (C=O) groups excluding carboxylic acids is 1. The highest BCUT2D eigenvalue weighted by molar-refractivity contribution is 9.11. The molecule has 0 radical (unpaired) electrons. The Balaban J connectivity index is 1.61. The molecule has 0 spiro atoms. The summed E-state index contributed by atoms with van der Waals surface area (Å²) in [7, 11) is 0. The number of likely N-dealkylation sites (tertiary alicyclic amines) is 1. The van der Waals surface area contributed by atoms with Crippen molar-refractivity contribution >= 4 is 33.2 Å². The summed E-state index contributed by atoms with van der Waals surface area (Å²) in [6, 6.07) is 10.0. The molecule has 4 nitrogen and oxygen atoms in total. The van der Waals surface area contributed by atoms with Gasteiger partial charge in [0, 0.05) is 13.0 Å². The van der Waals surface area contributed by atoms with Gasteiger partial charge in [-0.1, -0.05) is 6.07 Å². The van der Waals surface area contributed by atoms with Gasteiger partial charge in [-0.05, 0) is 58.6 Å². The molecule has 0 saturated carbocycles. The minimum Gasteiger partial charge on any atom is -0.490 e. The van der Waals surface area contributed by atoms with Crippen molar-refractivity contribution in [3.05, 3.63) is 44.6 Å². The van der Waals surface area contributed by atoms with E-state index < -0.39 is 0 Å². The second-order valence-electron chi connectivity index (χ2n) is 6.02. The van der Waals surface area contributed by atoms with Crippen molar-refractivity contribution in [1.29, 1.82) is 0 Å². The highest BCUT2D eigenvalue weighted by Gasteiger charge is 2.32. The zero-order chi connectivity index (χ0) is 16.5. The van der Waals surface area contributed by atoms with Gasteiger partial charge in [-0.25, -0.2) is 0 Å². The maximum atomic E-state index is 12.8. The summed E-state index contributed by atoms with van der Waals surface area (Å²) in [6.45, 7) is 2.16. The van der Waals surface area contributed by atoms with Crippen LogP contribution in [0.5, 0.6) is 11.5 Å². The molecule has 24 heavy (non-hydrogen) atoms. The lowest BCUT2D eigenvalue weighted by atomic mass is 10.0. The first-order valence-electron chi connectivity index (χ1n) is 8.18. The van der Waals surface area contributed by atoms with Crippen LogP contribution in [0.1, 0.15) is 40.5 Å². The first-order valence-corrected chi connectivity index (χ1v) is 9.79. The fourth-order valence-electron chi connectivity index (χ4n) is 3.31. The number of ether oxygens (including phenoxy) is 2. The first kappa shape index (κ1) is 16.0. The van der Waals surface area contributed by atoms with E-state index >= 15 is 0 Å². The molecule has 126 valence electrons. The number of rotatable bonds is 2. The van der Waals surface area contributed by atoms with E-state index in [0.29, 0.717) is 13.2 Å². The SMILES string of the molecule is O=C(c1ccc(Br)s1)N1CCC[C@H]1c1ccc2c(c1)OCCCO2. The van der Waals surface area contributed by atoms with Crippen molar-refractivity contribution in [3.63, 3.8) is 0 Å². The van der Waals surface area contributed by atoms with Gasteiger partial charge in [-0.3, -0.25) is 4.79 Å². The Labute approximate surface area is 153 Å². The van der Waals surface area contributed by atoms with Gasteiger partial charge in [-0.2, -0.15) is 0 Å². The van der Waals surface area contributed by atoms with Crippen molar-refractivity contribution in [3.8, 4) is 11.5 Å². The molecular weight excluding hydrogens is 390 g/mol. The van der Waals surface area contributed by atoms with Crippen molar-refractivity contribution in [1.82, 2.24) is 4.90 Å². The fourth-order valence-corrected chi connectivity index (χ4v) is 4.66. The second-order valence-corrected chi connectivity index (χ2v) is 8.48. The fraction of sp³-hybridized carbons (Fsp3) is 0.389. The van der Waals surface area contributed by atoms with Gasteiger partial charge in [0.1, 0.15) is 0 Å². The smallest absolute Gasteiger partial charge is 0.264 e. The van der Waals surface area contributed by atoms with Gasteiger partial charge in [-0.15, -0.1) is 11.3 Å². The van der Waals surface area contributed by atoms with Gasteiger partial charge in [0.25, 0.3) is 5.91 Å². The van der Waals surface area contributed by atoms with E-state index in [1.165, 1.54) is 11.3 Å². The van der Waals surface area contributed by atoms with E-state index in [1.54, 1.807) is 0 Å². The van der Waals surface area contributed by atoms with Crippen LogP contribution in [0, 0.1) is 0 Å². The summed E-state index contributed by atoms with van der Waals surface area (Å²) in [5, 5.41) is 0. The van der Waals surface area contributed by atoms with E-state index in [2.05, 4.69) is 22.0 Å². The number of hydrogen-bond donors (Lipinski definition) is 0. The Morgan fingerprint density at radius 1 is 1.12 bits per heavy atom. The average molecular weight is 408 g/mol. The second kappa shape index (κ2) is 6.76. The largest absolute Gasteiger partial charge is 0.490 e. The summed E-state index contributed by atoms with van der Waals surface area (Å²) >= 11 is 4.92. The van der Waals surface area contributed by atoms with Crippen molar-refractivity contribution in [2.75, 3.05) is 19.8 Å². The monoisotopic (exact) mass is 407 g/mol. The molecule has 0 unspecified atom stereocenters. The van der Waals surface area contributed by atoms with Crippen LogP contribution in [0.3, 0.4) is 0 Å². The molecule has 2 aliphatic heterocycles. The van der Waals surface area contributed by atoms with Crippen molar-refractivity contribution < 1.29 is 14.3 Å². The van der Waals surface area contributed by atoms with Crippen molar-refractivity contribution in [2.24, 2.45) is 0 Å². The summed E-state index contributed by atoms with van der Waals surface area (Å²) in [6.07, 6.45) is 2.90. The predicted molar refractivity (Wildman–Crippen MR) is 97.1 cm³/mol. The minimum atomic E-state index is 0.107. The van der Waals surface area contributed by atoms with Crippen LogP contribution in [0.4, 0.5) is 0 Å². The highest BCUT2D eigenvalue weighted by atomic mass is 79.9. The molecule has 1 atom stereocenters. The van der Waals surface area contributed by atoms with Gasteiger partial charge in [0.05, 0.1) is 27.9 Å². The maximum absolute atomic E-state index is 12.8. The van der Waals surface area contributed by atoms with Crippen molar-refractivity contribution in [2.45, 2.75) is 25.3 Å². The number of thiophene rings is 1. The van der Waals surface area contributed by atoms with Crippen LogP contribution in [-0.4, -0.2) is 30.6 Å². The number of benzene rings is 1. The molecule has 6 heteroatoms. The van der Waals surface area contributed by atoms with Crippen LogP contribution < -0.4 is 9.47 Å². The van der Waals surface area contributed by atoms with E-state index in [-0.39, 0.29) is 11.9 Å². The van der Waals surface area contributed by atoms with Crippen LogP contribution in [0.25, 0.3) is 0 Å². The zero-order valence-corrected chi connectivity index (χ0v) is 15.6. The molecule has 0 bridgehead atoms. The molecule has 1 saturated heterocycles. The molecule has 1 aromatic heterocycles. The lowest BCUT2D eigenvalue weighted by molar-refractivity contribution is 0.0740. The number of fused-ring (bicyclic) bond motifs is 1. The van der Waals surface area contributed by atoms with Gasteiger partial charge >= 0.3 is 0 Å². The summed E-state index contributed by atoms with van der Waals surface area (Å²) in [5.74, 6) is 1.71. The summed E-state index contributed by atoms with van der Waals surface area (Å²) in [5.41, 5.74) is 1.13. The molecule has 0 N–H and O–H groups in total. The van der Waals surface area contributed by atoms with Crippen LogP contribution >= 0.6 is 27.3 Å². The summed E-state index contributed by atoms with van der Waals surface area (Å²) < 4.78 is 12.5. The van der Waals surface area contributed by atoms with Crippen LogP contribution in [0.15, 0.2) is 34.1 Å². The predicted octanol–water partition coefficient (Wildman–Crippen LogP) is 4.65. The van der Waals surface area contributed by atoms with E-state index in [4.69, 9.17) is 9.47 Å². The van der Waals surface area contributed by atoms with Gasteiger partial charge < -0.3 is 14.4 Å². The quantitative estimate of drug-likeness (QED) is 0.726. The molecule has 1 amide bonds. The molecule has 2 aliphatic rings. The van der Waals surface area contributed by atoms with Gasteiger partial charge in [0.15, 0.2) is 11.5 Å². The average Bonchev–Trinajstić information content (AvgIpc) is 3.18. The molecule has 3 heterocycles. The normalized spacial score (nSPS) is 20.0. The molecular formula is C18H18BrNO3S. The Hall–Kier alpha value is -1.53. The number of carbonyl (C=O) groups is 1. The third kappa shape index (κ3) is 3.05. The van der Waals surface area contributed by atoms with E-state index in [1.807, 2.05) is 29.2 Å². The number of hydrogen-bond acceptors (Lipinski definition) is 4. The minimum absolute atomic E-state index is 0.107. The first-order chi connectivity index (χ1) is 11.7. The van der Waals surface area contributed by atoms with Gasteiger partial charge in [0.2, 0.25) is 0 Å². The number of amides is 1. The van der Waals surface area contributed by atoms with E-state index in [9.17, 15) is 4.79 Å². The standard InChI is InChI=1S/C18H18BrNO3S/c19-17-7-6-16(24-17)18(21)20-8-1-3-13(20)12-4-5-14-15(11-12)23-10-2-9-22-14/h4-7,11,13H,1-3,8-10H2/t13-/m0/s1. The Bertz CT molecular complexity index is 760. The number of nitrogens with zero attached hydrogens (tertiary/aromatic N) is 1. The third-order valence-corrected chi connectivity index (χ3v) is 6.07. The lowest BCUT2D eigenvalue weighted by Gasteiger charge is -2.25. The Morgan fingerprint density at radius 2 is 1.96 bits per heavy atom. The molecule has 2 aromatic rings. The van der Waals surface area contributed by atoms with Crippen LogP contribution in [-0.2, 0) is 0 Å². The topological polar surface area (TPSA) is 38.8 Å². The maximum Gasteiger partial charge on any atom is 0.264 e. The van der Waals surface area contributed by atoms with Crippen LogP contribution in [0.2, 0.25) is 0 Å². The summed E-state index contributed by atoms with van der Waals surface area (Å²) in [4.78, 5) is 15.6. The molecule has 1 fully saturated rings. The Kier molecular flexibility index (Phi) is 4.50. The molecule has 4 rings (SSSR count). The van der Waals surface area contributed by atoms with E-state index in [0.717, 1.165) is 51.5 Å². The molecule has 1 aromatic carbocycles. The Morgan fingerprint density at radius 3 is 2.75 bits per heavy atom. The lowest BCUT2D eigenvalue weighted by Crippen LogP contribution is -2.29.